The Kier molecular flexibility index (Phi) is 6.42. The summed E-state index contributed by atoms with van der Waals surface area (Å²) in [5.41, 5.74) is 5.41. The highest BCUT2D eigenvalue weighted by atomic mass is 16.5. The van der Waals surface area contributed by atoms with Gasteiger partial charge in [0.15, 0.2) is 0 Å². The lowest BCUT2D eigenvalue weighted by Crippen LogP contribution is -2.43. The number of unbranched alkanes of at least 4 members (excludes halogenated alkanes) is 1. The van der Waals surface area contributed by atoms with E-state index < -0.39 is 0 Å². The summed E-state index contributed by atoms with van der Waals surface area (Å²) in [5, 5.41) is 0. The van der Waals surface area contributed by atoms with E-state index in [0.29, 0.717) is 13.0 Å². The van der Waals surface area contributed by atoms with Crippen LogP contribution in [0, 0.1) is 0 Å². The topological polar surface area (TPSA) is 55.6 Å². The number of ether oxygens (including phenoxy) is 1. The first-order valence-electron chi connectivity index (χ1n) is 6.37. The van der Waals surface area contributed by atoms with E-state index in [4.69, 9.17) is 10.5 Å². The summed E-state index contributed by atoms with van der Waals surface area (Å²) in [4.78, 5) is 13.8. The van der Waals surface area contributed by atoms with Crippen molar-refractivity contribution >= 4 is 5.91 Å². The molecule has 1 atom stereocenters. The standard InChI is InChI=1S/C12H24N2O2/c1-2-16-11-6-5-9-14(10-11)12(15)7-3-4-8-13/h11H,2-10,13H2,1H3. The van der Waals surface area contributed by atoms with Gasteiger partial charge in [-0.15, -0.1) is 0 Å². The van der Waals surface area contributed by atoms with Crippen LogP contribution < -0.4 is 5.73 Å². The fourth-order valence-corrected chi connectivity index (χ4v) is 2.12. The average molecular weight is 228 g/mol. The van der Waals surface area contributed by atoms with Gasteiger partial charge in [-0.2, -0.15) is 0 Å². The molecular formula is C12H24N2O2. The largest absolute Gasteiger partial charge is 0.377 e. The minimum Gasteiger partial charge on any atom is -0.377 e. The Labute approximate surface area is 98.1 Å². The molecule has 0 bridgehead atoms. The average Bonchev–Trinajstić information content (AvgIpc) is 2.30. The Balaban J connectivity index is 2.26. The Hall–Kier alpha value is -0.610. The zero-order valence-corrected chi connectivity index (χ0v) is 10.3. The number of hydrogen-bond donors (Lipinski definition) is 1. The number of nitrogens with zero attached hydrogens (tertiary/aromatic N) is 1. The lowest BCUT2D eigenvalue weighted by atomic mass is 10.1. The molecular weight excluding hydrogens is 204 g/mol. The third-order valence-corrected chi connectivity index (χ3v) is 2.98. The van der Waals surface area contributed by atoms with Crippen LogP contribution in [-0.4, -0.2) is 43.2 Å². The quantitative estimate of drug-likeness (QED) is 0.694. The summed E-state index contributed by atoms with van der Waals surface area (Å²) in [5.74, 6) is 0.262. The molecule has 1 unspecified atom stereocenters. The number of likely N-dealkylation sites (tertiary alicyclic amines) is 1. The summed E-state index contributed by atoms with van der Waals surface area (Å²) >= 11 is 0. The van der Waals surface area contributed by atoms with Crippen molar-refractivity contribution in [3.05, 3.63) is 0 Å². The van der Waals surface area contributed by atoms with Gasteiger partial charge in [0, 0.05) is 26.1 Å². The molecule has 4 nitrogen and oxygen atoms in total. The van der Waals surface area contributed by atoms with E-state index in [2.05, 4.69) is 0 Å². The zero-order chi connectivity index (χ0) is 11.8. The molecule has 94 valence electrons. The molecule has 1 amide bonds. The summed E-state index contributed by atoms with van der Waals surface area (Å²) in [6, 6.07) is 0. The predicted molar refractivity (Wildman–Crippen MR) is 64.1 cm³/mol. The van der Waals surface area contributed by atoms with Crippen molar-refractivity contribution in [2.24, 2.45) is 5.73 Å². The van der Waals surface area contributed by atoms with Gasteiger partial charge >= 0.3 is 0 Å². The van der Waals surface area contributed by atoms with E-state index in [-0.39, 0.29) is 12.0 Å². The van der Waals surface area contributed by atoms with Gasteiger partial charge in [-0.1, -0.05) is 0 Å². The number of hydrogen-bond acceptors (Lipinski definition) is 3. The minimum atomic E-state index is 0.247. The SMILES string of the molecule is CCOC1CCCN(C(=O)CCCCN)C1. The van der Waals surface area contributed by atoms with Gasteiger partial charge < -0.3 is 15.4 Å². The number of nitrogens with two attached hydrogens (primary N) is 1. The van der Waals surface area contributed by atoms with Gasteiger partial charge in [0.2, 0.25) is 5.91 Å². The van der Waals surface area contributed by atoms with Gasteiger partial charge in [0.05, 0.1) is 6.10 Å². The number of carbonyl (C=O) groups is 1. The van der Waals surface area contributed by atoms with E-state index >= 15 is 0 Å². The summed E-state index contributed by atoms with van der Waals surface area (Å²) in [6.07, 6.45) is 4.88. The molecule has 2 N–H and O–H groups in total. The lowest BCUT2D eigenvalue weighted by molar-refractivity contribution is -0.135. The number of carbonyl (C=O) groups excluding carboxylic acids is 1. The van der Waals surface area contributed by atoms with Crippen molar-refractivity contribution in [3.8, 4) is 0 Å². The van der Waals surface area contributed by atoms with Crippen LogP contribution >= 0.6 is 0 Å². The third-order valence-electron chi connectivity index (χ3n) is 2.98. The first-order chi connectivity index (χ1) is 7.77. The highest BCUT2D eigenvalue weighted by Gasteiger charge is 2.23. The van der Waals surface area contributed by atoms with E-state index in [9.17, 15) is 4.79 Å². The molecule has 0 aromatic rings. The van der Waals surface area contributed by atoms with Crippen LogP contribution in [0.1, 0.15) is 39.0 Å². The van der Waals surface area contributed by atoms with Crippen LogP contribution in [0.4, 0.5) is 0 Å². The van der Waals surface area contributed by atoms with Crippen LogP contribution in [0.25, 0.3) is 0 Å². The van der Waals surface area contributed by atoms with E-state index in [1.165, 1.54) is 0 Å². The molecule has 0 aliphatic carbocycles. The van der Waals surface area contributed by atoms with Gasteiger partial charge in [-0.3, -0.25) is 4.79 Å². The second-order valence-electron chi connectivity index (χ2n) is 4.31. The molecule has 1 saturated heterocycles. The molecule has 0 aromatic heterocycles. The van der Waals surface area contributed by atoms with Crippen LogP contribution in [0.3, 0.4) is 0 Å². The Morgan fingerprint density at radius 2 is 2.31 bits per heavy atom. The first kappa shape index (κ1) is 13.5. The van der Waals surface area contributed by atoms with Crippen molar-refractivity contribution in [1.29, 1.82) is 0 Å². The number of rotatable bonds is 6. The third kappa shape index (κ3) is 4.49. The maximum absolute atomic E-state index is 11.9. The van der Waals surface area contributed by atoms with Gasteiger partial charge in [0.25, 0.3) is 0 Å². The van der Waals surface area contributed by atoms with Gasteiger partial charge in [-0.05, 0) is 39.2 Å². The highest BCUT2D eigenvalue weighted by molar-refractivity contribution is 5.76. The monoisotopic (exact) mass is 228 g/mol. The Morgan fingerprint density at radius 1 is 1.50 bits per heavy atom. The molecule has 1 aliphatic rings. The maximum atomic E-state index is 11.9. The summed E-state index contributed by atoms with van der Waals surface area (Å²) in [7, 11) is 0. The predicted octanol–water partition coefficient (Wildman–Crippen LogP) is 1.14. The minimum absolute atomic E-state index is 0.247. The molecule has 0 aromatic carbocycles. The van der Waals surface area contributed by atoms with Crippen molar-refractivity contribution in [2.45, 2.75) is 45.1 Å². The Morgan fingerprint density at radius 3 is 3.00 bits per heavy atom. The summed E-state index contributed by atoms with van der Waals surface area (Å²) < 4.78 is 5.57. The van der Waals surface area contributed by atoms with E-state index in [1.807, 2.05) is 11.8 Å². The molecule has 16 heavy (non-hydrogen) atoms. The second kappa shape index (κ2) is 7.63. The molecule has 1 fully saturated rings. The molecule has 4 heteroatoms. The Bertz CT molecular complexity index is 207. The molecule has 1 rings (SSSR count). The maximum Gasteiger partial charge on any atom is 0.222 e. The van der Waals surface area contributed by atoms with E-state index in [0.717, 1.165) is 45.4 Å². The van der Waals surface area contributed by atoms with Crippen molar-refractivity contribution in [3.63, 3.8) is 0 Å². The van der Waals surface area contributed by atoms with E-state index in [1.54, 1.807) is 0 Å². The molecule has 0 saturated carbocycles. The zero-order valence-electron chi connectivity index (χ0n) is 10.3. The van der Waals surface area contributed by atoms with Crippen molar-refractivity contribution in [2.75, 3.05) is 26.2 Å². The van der Waals surface area contributed by atoms with Crippen LogP contribution in [0.5, 0.6) is 0 Å². The second-order valence-corrected chi connectivity index (χ2v) is 4.31. The lowest BCUT2D eigenvalue weighted by Gasteiger charge is -2.32. The van der Waals surface area contributed by atoms with Gasteiger partial charge in [0.1, 0.15) is 0 Å². The molecule has 1 heterocycles. The highest BCUT2D eigenvalue weighted by Crippen LogP contribution is 2.14. The molecule has 0 radical (unpaired) electrons. The van der Waals surface area contributed by atoms with Crippen LogP contribution in [0.2, 0.25) is 0 Å². The van der Waals surface area contributed by atoms with Crippen LogP contribution in [0.15, 0.2) is 0 Å². The normalized spacial score (nSPS) is 21.1. The smallest absolute Gasteiger partial charge is 0.222 e. The fourth-order valence-electron chi connectivity index (χ4n) is 2.12. The fraction of sp³-hybridized carbons (Fsp3) is 0.917. The molecule has 1 aliphatic heterocycles. The van der Waals surface area contributed by atoms with Crippen LogP contribution in [-0.2, 0) is 9.53 Å². The summed E-state index contributed by atoms with van der Waals surface area (Å²) in [6.45, 7) is 5.08. The van der Waals surface area contributed by atoms with Gasteiger partial charge in [-0.25, -0.2) is 0 Å². The van der Waals surface area contributed by atoms with Crippen molar-refractivity contribution in [1.82, 2.24) is 4.90 Å². The molecule has 0 spiro atoms. The first-order valence-corrected chi connectivity index (χ1v) is 6.37. The number of amides is 1. The van der Waals surface area contributed by atoms with Crippen molar-refractivity contribution < 1.29 is 9.53 Å². The number of piperidine rings is 1.